The van der Waals surface area contributed by atoms with Gasteiger partial charge >= 0.3 is 0 Å². The zero-order chi connectivity index (χ0) is 8.48. The first-order chi connectivity index (χ1) is 4.99. The highest BCUT2D eigenvalue weighted by Crippen LogP contribution is 2.44. The van der Waals surface area contributed by atoms with Crippen LogP contribution in [0.3, 0.4) is 0 Å². The van der Waals surface area contributed by atoms with Gasteiger partial charge in [0.05, 0.1) is 0 Å². The van der Waals surface area contributed by atoms with Crippen molar-refractivity contribution in [1.29, 1.82) is 0 Å². The van der Waals surface area contributed by atoms with Gasteiger partial charge in [-0.1, -0.05) is 0 Å². The lowest BCUT2D eigenvalue weighted by molar-refractivity contribution is -0.112. The molecule has 0 radical (unpaired) electrons. The molecule has 1 nitrogen and oxygen atoms in total. The average Bonchev–Trinajstić information content (AvgIpc) is 1.78. The highest BCUT2D eigenvalue weighted by atomic mass is 19.3. The third-order valence-electron chi connectivity index (χ3n) is 2.20. The predicted molar refractivity (Wildman–Crippen MR) is 40.6 cm³/mol. The van der Waals surface area contributed by atoms with Crippen LogP contribution in [0.2, 0.25) is 0 Å². The molecule has 1 aliphatic rings. The van der Waals surface area contributed by atoms with E-state index in [0.29, 0.717) is 0 Å². The van der Waals surface area contributed by atoms with Gasteiger partial charge in [0, 0.05) is 18.9 Å². The highest BCUT2D eigenvalue weighted by Gasteiger charge is 2.44. The van der Waals surface area contributed by atoms with E-state index in [1.807, 2.05) is 6.92 Å². The molecule has 0 aromatic carbocycles. The molecule has 0 aliphatic heterocycles. The number of hydrogen-bond acceptors (Lipinski definition) is 1. The van der Waals surface area contributed by atoms with Crippen LogP contribution in [0.15, 0.2) is 0 Å². The topological polar surface area (TPSA) is 26.0 Å². The first kappa shape index (κ1) is 8.91. The Morgan fingerprint density at radius 2 is 2.09 bits per heavy atom. The summed E-state index contributed by atoms with van der Waals surface area (Å²) in [6.07, 6.45) is 1.91. The molecule has 0 amide bonds. The summed E-state index contributed by atoms with van der Waals surface area (Å²) in [5.74, 6) is -2.13. The van der Waals surface area contributed by atoms with Crippen LogP contribution >= 0.6 is 0 Å². The van der Waals surface area contributed by atoms with E-state index in [9.17, 15) is 8.78 Å². The largest absolute Gasteiger partial charge is 0.328 e. The minimum atomic E-state index is -2.36. The molecule has 1 fully saturated rings. The van der Waals surface area contributed by atoms with Crippen molar-refractivity contribution in [3.8, 4) is 0 Å². The Hall–Kier alpha value is -0.180. The van der Waals surface area contributed by atoms with Crippen LogP contribution in [0.25, 0.3) is 0 Å². The van der Waals surface area contributed by atoms with Gasteiger partial charge in [0.25, 0.3) is 0 Å². The maximum atomic E-state index is 12.3. The average molecular weight is 163 g/mol. The van der Waals surface area contributed by atoms with Gasteiger partial charge in [-0.25, -0.2) is 8.78 Å². The second-order valence-corrected chi connectivity index (χ2v) is 3.68. The van der Waals surface area contributed by atoms with E-state index < -0.39 is 5.92 Å². The number of alkyl halides is 2. The number of rotatable bonds is 3. The van der Waals surface area contributed by atoms with Gasteiger partial charge in [-0.3, -0.25) is 0 Å². The Morgan fingerprint density at radius 1 is 1.55 bits per heavy atom. The van der Waals surface area contributed by atoms with Crippen LogP contribution in [0.1, 0.15) is 32.6 Å². The predicted octanol–water partition coefficient (Wildman–Crippen LogP) is 2.16. The van der Waals surface area contributed by atoms with Gasteiger partial charge in [-0.05, 0) is 25.7 Å². The molecule has 0 unspecified atom stereocenters. The smallest absolute Gasteiger partial charge is 0.248 e. The first-order valence-electron chi connectivity index (χ1n) is 4.13. The van der Waals surface area contributed by atoms with E-state index >= 15 is 0 Å². The number of hydrogen-bond donors (Lipinski definition) is 1. The Labute approximate surface area is 66.0 Å². The molecule has 0 aromatic rings. The van der Waals surface area contributed by atoms with Crippen LogP contribution in [0.5, 0.6) is 0 Å². The fourth-order valence-corrected chi connectivity index (χ4v) is 1.49. The van der Waals surface area contributed by atoms with Crippen molar-refractivity contribution in [1.82, 2.24) is 0 Å². The van der Waals surface area contributed by atoms with E-state index in [1.54, 1.807) is 0 Å². The maximum absolute atomic E-state index is 12.3. The van der Waals surface area contributed by atoms with Crippen LogP contribution in [-0.4, -0.2) is 12.0 Å². The molecule has 66 valence electrons. The molecule has 11 heavy (non-hydrogen) atoms. The second-order valence-electron chi connectivity index (χ2n) is 3.68. The summed E-state index contributed by atoms with van der Waals surface area (Å²) in [5.41, 5.74) is 5.50. The summed E-state index contributed by atoms with van der Waals surface area (Å²) in [6, 6.07) is 0.157. The molecule has 2 N–H and O–H groups in total. The SMILES string of the molecule is C[C@H](N)CCC1CC(F)(F)C1. The molecule has 0 spiro atoms. The third-order valence-corrected chi connectivity index (χ3v) is 2.20. The van der Waals surface area contributed by atoms with Crippen LogP contribution in [0, 0.1) is 5.92 Å². The number of nitrogens with two attached hydrogens (primary N) is 1. The Morgan fingerprint density at radius 3 is 2.45 bits per heavy atom. The monoisotopic (exact) mass is 163 g/mol. The van der Waals surface area contributed by atoms with Crippen molar-refractivity contribution < 1.29 is 8.78 Å². The zero-order valence-electron chi connectivity index (χ0n) is 6.82. The van der Waals surface area contributed by atoms with Gasteiger partial charge in [-0.15, -0.1) is 0 Å². The van der Waals surface area contributed by atoms with Gasteiger partial charge in [0.2, 0.25) is 5.92 Å². The summed E-state index contributed by atoms with van der Waals surface area (Å²) in [5, 5.41) is 0. The minimum Gasteiger partial charge on any atom is -0.328 e. The molecule has 0 heterocycles. The molecule has 1 atom stereocenters. The van der Waals surface area contributed by atoms with Crippen LogP contribution < -0.4 is 5.73 Å². The van der Waals surface area contributed by atoms with E-state index in [2.05, 4.69) is 0 Å². The molecule has 0 saturated heterocycles. The zero-order valence-corrected chi connectivity index (χ0v) is 6.82. The Kier molecular flexibility index (Phi) is 2.47. The van der Waals surface area contributed by atoms with Crippen molar-refractivity contribution in [3.63, 3.8) is 0 Å². The standard InChI is InChI=1S/C8H15F2N/c1-6(11)2-3-7-4-8(9,10)5-7/h6-7H,2-5,11H2,1H3/t6-/m0/s1. The molecular formula is C8H15F2N. The van der Waals surface area contributed by atoms with Crippen LogP contribution in [-0.2, 0) is 0 Å². The van der Waals surface area contributed by atoms with Crippen molar-refractivity contribution >= 4 is 0 Å². The quantitative estimate of drug-likeness (QED) is 0.677. The molecule has 1 rings (SSSR count). The van der Waals surface area contributed by atoms with E-state index in [4.69, 9.17) is 5.73 Å². The normalized spacial score (nSPS) is 26.2. The summed E-state index contributed by atoms with van der Waals surface area (Å²) in [6.45, 7) is 1.91. The van der Waals surface area contributed by atoms with Gasteiger partial charge < -0.3 is 5.73 Å². The fourth-order valence-electron chi connectivity index (χ4n) is 1.49. The summed E-state index contributed by atoms with van der Waals surface area (Å²) in [7, 11) is 0. The van der Waals surface area contributed by atoms with Crippen molar-refractivity contribution in [2.75, 3.05) is 0 Å². The van der Waals surface area contributed by atoms with E-state index in [0.717, 1.165) is 12.8 Å². The van der Waals surface area contributed by atoms with Crippen LogP contribution in [0.4, 0.5) is 8.78 Å². The summed E-state index contributed by atoms with van der Waals surface area (Å²) < 4.78 is 24.6. The van der Waals surface area contributed by atoms with Gasteiger partial charge in [0.1, 0.15) is 0 Å². The van der Waals surface area contributed by atoms with Crippen molar-refractivity contribution in [3.05, 3.63) is 0 Å². The molecule has 0 bridgehead atoms. The lowest BCUT2D eigenvalue weighted by atomic mass is 9.78. The third kappa shape index (κ3) is 2.73. The fraction of sp³-hybridized carbons (Fsp3) is 1.00. The second kappa shape index (κ2) is 3.05. The molecule has 1 saturated carbocycles. The number of halogens is 2. The van der Waals surface area contributed by atoms with E-state index in [-0.39, 0.29) is 24.8 Å². The lowest BCUT2D eigenvalue weighted by Crippen LogP contribution is -2.36. The molecule has 1 aliphatic carbocycles. The molecule has 3 heteroatoms. The van der Waals surface area contributed by atoms with Crippen molar-refractivity contribution in [2.45, 2.75) is 44.6 Å². The Bertz CT molecular complexity index is 126. The highest BCUT2D eigenvalue weighted by molar-refractivity contribution is 4.86. The van der Waals surface area contributed by atoms with Gasteiger partial charge in [-0.2, -0.15) is 0 Å². The maximum Gasteiger partial charge on any atom is 0.248 e. The lowest BCUT2D eigenvalue weighted by Gasteiger charge is -2.35. The van der Waals surface area contributed by atoms with Crippen molar-refractivity contribution in [2.24, 2.45) is 11.7 Å². The van der Waals surface area contributed by atoms with E-state index in [1.165, 1.54) is 0 Å². The molecular weight excluding hydrogens is 148 g/mol. The molecule has 0 aromatic heterocycles. The first-order valence-corrected chi connectivity index (χ1v) is 4.13. The Balaban J connectivity index is 2.05. The minimum absolute atomic E-state index is 0.0831. The van der Waals surface area contributed by atoms with Gasteiger partial charge in [0.15, 0.2) is 0 Å². The summed E-state index contributed by atoms with van der Waals surface area (Å²) >= 11 is 0. The summed E-state index contributed by atoms with van der Waals surface area (Å²) in [4.78, 5) is 0.